The Bertz CT molecular complexity index is 603. The second kappa shape index (κ2) is 5.99. The molecule has 1 heterocycles. The standard InChI is InChI=1S/C13H14N2O3S/c1-9(5-7-16)19-13-3-2-12(15(17)18)10-4-6-14-8-11(10)13/h2-4,6,8-9,16H,5,7H2,1H3. The number of non-ortho nitro benzene ring substituents is 1. The van der Waals surface area contributed by atoms with Crippen LogP contribution in [0.15, 0.2) is 35.5 Å². The van der Waals surface area contributed by atoms with Gasteiger partial charge in [-0.1, -0.05) is 6.92 Å². The van der Waals surface area contributed by atoms with Crippen molar-refractivity contribution in [3.05, 3.63) is 40.7 Å². The maximum Gasteiger partial charge on any atom is 0.277 e. The van der Waals surface area contributed by atoms with Crippen LogP contribution in [0.5, 0.6) is 0 Å². The molecule has 1 atom stereocenters. The highest BCUT2D eigenvalue weighted by atomic mass is 32.2. The number of nitrogens with zero attached hydrogens (tertiary/aromatic N) is 2. The van der Waals surface area contributed by atoms with E-state index < -0.39 is 0 Å². The number of rotatable bonds is 5. The number of thioether (sulfide) groups is 1. The van der Waals surface area contributed by atoms with E-state index in [4.69, 9.17) is 5.11 Å². The van der Waals surface area contributed by atoms with E-state index >= 15 is 0 Å². The molecule has 0 aliphatic heterocycles. The lowest BCUT2D eigenvalue weighted by molar-refractivity contribution is -0.383. The molecule has 5 nitrogen and oxygen atoms in total. The highest BCUT2D eigenvalue weighted by molar-refractivity contribution is 8.00. The van der Waals surface area contributed by atoms with Crippen LogP contribution in [0.25, 0.3) is 10.8 Å². The third kappa shape index (κ3) is 3.02. The number of hydrogen-bond acceptors (Lipinski definition) is 5. The predicted molar refractivity (Wildman–Crippen MR) is 75.4 cm³/mol. The summed E-state index contributed by atoms with van der Waals surface area (Å²) in [5, 5.41) is 21.6. The van der Waals surface area contributed by atoms with Gasteiger partial charge in [-0.15, -0.1) is 11.8 Å². The molecule has 0 aliphatic rings. The summed E-state index contributed by atoms with van der Waals surface area (Å²) in [5.41, 5.74) is 0.0940. The van der Waals surface area contributed by atoms with Crippen molar-refractivity contribution in [2.75, 3.05) is 6.61 Å². The molecule has 0 spiro atoms. The summed E-state index contributed by atoms with van der Waals surface area (Å²) >= 11 is 1.60. The van der Waals surface area contributed by atoms with Crippen molar-refractivity contribution in [1.29, 1.82) is 0 Å². The maximum absolute atomic E-state index is 11.0. The van der Waals surface area contributed by atoms with Crippen LogP contribution in [0, 0.1) is 10.1 Å². The third-order valence-corrected chi connectivity index (χ3v) is 4.06. The van der Waals surface area contributed by atoms with Crippen molar-refractivity contribution in [2.24, 2.45) is 0 Å². The number of benzene rings is 1. The number of fused-ring (bicyclic) bond motifs is 1. The molecular formula is C13H14N2O3S. The molecule has 0 radical (unpaired) electrons. The Morgan fingerprint density at radius 2 is 2.21 bits per heavy atom. The summed E-state index contributed by atoms with van der Waals surface area (Å²) < 4.78 is 0. The minimum absolute atomic E-state index is 0.0940. The quantitative estimate of drug-likeness (QED) is 0.517. The van der Waals surface area contributed by atoms with Gasteiger partial charge >= 0.3 is 0 Å². The van der Waals surface area contributed by atoms with E-state index in [9.17, 15) is 10.1 Å². The number of aromatic nitrogens is 1. The first-order valence-electron chi connectivity index (χ1n) is 5.92. The molecule has 0 bridgehead atoms. The van der Waals surface area contributed by atoms with Crippen molar-refractivity contribution in [3.8, 4) is 0 Å². The van der Waals surface area contributed by atoms with E-state index in [1.165, 1.54) is 6.07 Å². The van der Waals surface area contributed by atoms with Gasteiger partial charge < -0.3 is 5.11 Å². The Labute approximate surface area is 114 Å². The fraction of sp³-hybridized carbons (Fsp3) is 0.308. The average Bonchev–Trinajstić information content (AvgIpc) is 2.39. The molecule has 0 amide bonds. The number of nitro benzene ring substituents is 1. The van der Waals surface area contributed by atoms with Gasteiger partial charge in [-0.05, 0) is 18.6 Å². The van der Waals surface area contributed by atoms with Crippen molar-refractivity contribution < 1.29 is 10.0 Å². The molecule has 6 heteroatoms. The molecule has 100 valence electrons. The number of nitro groups is 1. The van der Waals surface area contributed by atoms with Gasteiger partial charge in [0.25, 0.3) is 5.69 Å². The van der Waals surface area contributed by atoms with Crippen LogP contribution in [0.4, 0.5) is 5.69 Å². The van der Waals surface area contributed by atoms with Gasteiger partial charge in [0.1, 0.15) is 0 Å². The average molecular weight is 278 g/mol. The van der Waals surface area contributed by atoms with Gasteiger partial charge in [-0.2, -0.15) is 0 Å². The summed E-state index contributed by atoms with van der Waals surface area (Å²) in [6, 6.07) is 4.94. The molecule has 1 unspecified atom stereocenters. The van der Waals surface area contributed by atoms with Crippen LogP contribution in [0.2, 0.25) is 0 Å². The van der Waals surface area contributed by atoms with Crippen molar-refractivity contribution >= 4 is 28.2 Å². The predicted octanol–water partition coefficient (Wildman–Crippen LogP) is 3.01. The zero-order chi connectivity index (χ0) is 13.8. The first kappa shape index (κ1) is 13.8. The number of aliphatic hydroxyl groups is 1. The zero-order valence-corrected chi connectivity index (χ0v) is 11.3. The SMILES string of the molecule is CC(CCO)Sc1ccc([N+](=O)[O-])c2ccncc12. The fourth-order valence-electron chi connectivity index (χ4n) is 1.87. The lowest BCUT2D eigenvalue weighted by Gasteiger charge is -2.11. The van der Waals surface area contributed by atoms with Crippen molar-refractivity contribution in [3.63, 3.8) is 0 Å². The Kier molecular flexibility index (Phi) is 4.34. The number of hydrogen-bond donors (Lipinski definition) is 1. The molecule has 1 N–H and O–H groups in total. The Morgan fingerprint density at radius 3 is 2.89 bits per heavy atom. The van der Waals surface area contributed by atoms with Crippen molar-refractivity contribution in [1.82, 2.24) is 4.98 Å². The molecule has 0 saturated heterocycles. The minimum atomic E-state index is -0.381. The van der Waals surface area contributed by atoms with E-state index in [0.717, 1.165) is 10.3 Å². The van der Waals surface area contributed by atoms with Crippen LogP contribution in [0.1, 0.15) is 13.3 Å². The summed E-state index contributed by atoms with van der Waals surface area (Å²) in [5.74, 6) is 0. The van der Waals surface area contributed by atoms with Gasteiger partial charge in [0.15, 0.2) is 0 Å². The topological polar surface area (TPSA) is 76.3 Å². The Hall–Kier alpha value is -1.66. The number of pyridine rings is 1. The van der Waals surface area contributed by atoms with E-state index in [1.54, 1.807) is 36.3 Å². The Morgan fingerprint density at radius 1 is 1.42 bits per heavy atom. The highest BCUT2D eigenvalue weighted by Gasteiger charge is 2.15. The molecule has 2 aromatic rings. The van der Waals surface area contributed by atoms with Gasteiger partial charge in [0.2, 0.25) is 0 Å². The van der Waals surface area contributed by atoms with Crippen LogP contribution in [-0.2, 0) is 0 Å². The highest BCUT2D eigenvalue weighted by Crippen LogP contribution is 2.35. The van der Waals surface area contributed by atoms with Gasteiger partial charge in [0.05, 0.1) is 10.3 Å². The van der Waals surface area contributed by atoms with E-state index in [0.29, 0.717) is 11.8 Å². The van der Waals surface area contributed by atoms with Crippen molar-refractivity contribution in [2.45, 2.75) is 23.5 Å². The molecule has 2 rings (SSSR count). The molecule has 0 fully saturated rings. The maximum atomic E-state index is 11.0. The molecule has 1 aromatic carbocycles. The monoisotopic (exact) mass is 278 g/mol. The zero-order valence-electron chi connectivity index (χ0n) is 10.4. The van der Waals surface area contributed by atoms with Crippen LogP contribution in [-0.4, -0.2) is 26.9 Å². The largest absolute Gasteiger partial charge is 0.396 e. The van der Waals surface area contributed by atoms with Gasteiger partial charge in [-0.3, -0.25) is 15.1 Å². The summed E-state index contributed by atoms with van der Waals surface area (Å²) in [4.78, 5) is 15.6. The lowest BCUT2D eigenvalue weighted by Crippen LogP contribution is -1.99. The molecular weight excluding hydrogens is 264 g/mol. The van der Waals surface area contributed by atoms with Gasteiger partial charge in [-0.25, -0.2) is 0 Å². The van der Waals surface area contributed by atoms with Crippen LogP contribution in [0.3, 0.4) is 0 Å². The van der Waals surface area contributed by atoms with Crippen LogP contribution >= 0.6 is 11.8 Å². The normalized spacial score (nSPS) is 12.5. The first-order valence-corrected chi connectivity index (χ1v) is 6.80. The van der Waals surface area contributed by atoms with Crippen LogP contribution < -0.4 is 0 Å². The van der Waals surface area contributed by atoms with Gasteiger partial charge in [0, 0.05) is 40.6 Å². The molecule has 0 aliphatic carbocycles. The van der Waals surface area contributed by atoms with E-state index in [-0.39, 0.29) is 22.5 Å². The summed E-state index contributed by atoms with van der Waals surface area (Å²) in [6.45, 7) is 2.15. The smallest absolute Gasteiger partial charge is 0.277 e. The summed E-state index contributed by atoms with van der Waals surface area (Å²) in [6.07, 6.45) is 3.89. The fourth-order valence-corrected chi connectivity index (χ4v) is 2.96. The number of aliphatic hydroxyl groups excluding tert-OH is 1. The molecule has 19 heavy (non-hydrogen) atoms. The minimum Gasteiger partial charge on any atom is -0.396 e. The first-order chi connectivity index (χ1) is 9.13. The van der Waals surface area contributed by atoms with E-state index in [2.05, 4.69) is 4.98 Å². The van der Waals surface area contributed by atoms with E-state index in [1.807, 2.05) is 6.92 Å². The third-order valence-electron chi connectivity index (χ3n) is 2.82. The summed E-state index contributed by atoms with van der Waals surface area (Å²) in [7, 11) is 0. The second-order valence-corrected chi connectivity index (χ2v) is 5.68. The lowest BCUT2D eigenvalue weighted by atomic mass is 10.1. The molecule has 0 saturated carbocycles. The second-order valence-electron chi connectivity index (χ2n) is 4.20. The molecule has 1 aromatic heterocycles. The Balaban J connectivity index is 2.46.